The highest BCUT2D eigenvalue weighted by molar-refractivity contribution is 5.87. The molecule has 0 aliphatic rings. The third-order valence-corrected chi connectivity index (χ3v) is 1.31. The van der Waals surface area contributed by atoms with Crippen LogP contribution in [0.25, 0.3) is 0 Å². The average molecular weight is 218 g/mol. The normalized spacial score (nSPS) is 14.1. The maximum atomic E-state index is 12.1. The van der Waals surface area contributed by atoms with E-state index in [9.17, 15) is 26.7 Å². The molecule has 0 aromatic heterocycles. The molecule has 2 nitrogen and oxygen atoms in total. The SMILES string of the molecule is CC=C(C)C(=O)OC(F)(F)C(F)(F)F. The lowest BCUT2D eigenvalue weighted by Gasteiger charge is -2.18. The van der Waals surface area contributed by atoms with Gasteiger partial charge in [0.2, 0.25) is 0 Å². The van der Waals surface area contributed by atoms with Crippen LogP contribution in [-0.4, -0.2) is 18.3 Å². The Morgan fingerprint density at radius 1 is 1.21 bits per heavy atom. The van der Waals surface area contributed by atoms with E-state index in [1.807, 2.05) is 0 Å². The van der Waals surface area contributed by atoms with Crippen LogP contribution in [0.5, 0.6) is 0 Å². The largest absolute Gasteiger partial charge is 0.501 e. The predicted octanol–water partition coefficient (Wildman–Crippen LogP) is 2.65. The van der Waals surface area contributed by atoms with Gasteiger partial charge in [-0.05, 0) is 13.8 Å². The van der Waals surface area contributed by atoms with Crippen molar-refractivity contribution >= 4 is 5.97 Å². The maximum absolute atomic E-state index is 12.1. The fraction of sp³-hybridized carbons (Fsp3) is 0.571. The summed E-state index contributed by atoms with van der Waals surface area (Å²) in [5.41, 5.74) is -0.325. The van der Waals surface area contributed by atoms with Gasteiger partial charge in [-0.1, -0.05) is 6.08 Å². The Labute approximate surface area is 76.3 Å². The topological polar surface area (TPSA) is 26.3 Å². The highest BCUT2D eigenvalue weighted by atomic mass is 19.4. The molecule has 0 spiro atoms. The van der Waals surface area contributed by atoms with Crippen molar-refractivity contribution in [2.24, 2.45) is 0 Å². The number of allylic oxidation sites excluding steroid dienone is 1. The van der Waals surface area contributed by atoms with Gasteiger partial charge < -0.3 is 4.74 Å². The number of carbonyl (C=O) groups is 1. The number of hydrogen-bond donors (Lipinski definition) is 0. The summed E-state index contributed by atoms with van der Waals surface area (Å²) in [4.78, 5) is 10.6. The summed E-state index contributed by atoms with van der Waals surface area (Å²) in [6.07, 6.45) is -10.3. The van der Waals surface area contributed by atoms with E-state index >= 15 is 0 Å². The van der Waals surface area contributed by atoms with Crippen LogP contribution >= 0.6 is 0 Å². The molecule has 0 aromatic rings. The second kappa shape index (κ2) is 3.93. The van der Waals surface area contributed by atoms with Crippen molar-refractivity contribution in [3.63, 3.8) is 0 Å². The van der Waals surface area contributed by atoms with Gasteiger partial charge in [-0.2, -0.15) is 22.0 Å². The Bertz CT molecular complexity index is 253. The standard InChI is InChI=1S/C7H7F5O2/c1-3-4(2)5(13)14-7(11,12)6(8,9)10/h3H,1-2H3. The molecule has 0 radical (unpaired) electrons. The molecule has 0 saturated heterocycles. The number of esters is 1. The fourth-order valence-electron chi connectivity index (χ4n) is 0.373. The first kappa shape index (κ1) is 12.9. The van der Waals surface area contributed by atoms with Crippen molar-refractivity contribution in [3.8, 4) is 0 Å². The Hall–Kier alpha value is -1.14. The molecule has 82 valence electrons. The lowest BCUT2D eigenvalue weighted by atomic mass is 10.3. The van der Waals surface area contributed by atoms with E-state index in [0.717, 1.165) is 13.0 Å². The number of hydrogen-bond acceptors (Lipinski definition) is 2. The molecule has 14 heavy (non-hydrogen) atoms. The van der Waals surface area contributed by atoms with E-state index in [-0.39, 0.29) is 5.57 Å². The Morgan fingerprint density at radius 3 is 1.93 bits per heavy atom. The minimum absolute atomic E-state index is 0.325. The molecule has 0 aromatic carbocycles. The van der Waals surface area contributed by atoms with Gasteiger partial charge >= 0.3 is 18.3 Å². The molecule has 0 aliphatic carbocycles. The molecule has 0 heterocycles. The van der Waals surface area contributed by atoms with Crippen LogP contribution in [0.3, 0.4) is 0 Å². The molecular formula is C7H7F5O2. The Morgan fingerprint density at radius 2 is 1.64 bits per heavy atom. The maximum Gasteiger partial charge on any atom is 0.501 e. The van der Waals surface area contributed by atoms with Crippen LogP contribution in [0.15, 0.2) is 11.6 Å². The summed E-state index contributed by atoms with van der Waals surface area (Å²) in [7, 11) is 0. The van der Waals surface area contributed by atoms with Gasteiger partial charge in [0, 0.05) is 5.57 Å². The molecule has 0 unspecified atom stereocenters. The summed E-state index contributed by atoms with van der Waals surface area (Å²) in [6, 6.07) is 0. The zero-order valence-electron chi connectivity index (χ0n) is 7.28. The first-order valence-corrected chi connectivity index (χ1v) is 3.42. The van der Waals surface area contributed by atoms with E-state index in [0.29, 0.717) is 0 Å². The second-order valence-corrected chi connectivity index (χ2v) is 2.38. The van der Waals surface area contributed by atoms with Crippen LogP contribution in [0.4, 0.5) is 22.0 Å². The smallest absolute Gasteiger partial charge is 0.390 e. The van der Waals surface area contributed by atoms with Crippen molar-refractivity contribution in [1.82, 2.24) is 0 Å². The van der Waals surface area contributed by atoms with Crippen LogP contribution < -0.4 is 0 Å². The Balaban J connectivity index is 4.62. The van der Waals surface area contributed by atoms with Crippen LogP contribution in [0, 0.1) is 0 Å². The van der Waals surface area contributed by atoms with Crippen molar-refractivity contribution in [1.29, 1.82) is 0 Å². The molecule has 0 N–H and O–H groups in total. The highest BCUT2D eigenvalue weighted by Crippen LogP contribution is 2.36. The molecule has 0 saturated carbocycles. The molecule has 7 heteroatoms. The number of ether oxygens (including phenoxy) is 1. The van der Waals surface area contributed by atoms with Crippen molar-refractivity contribution in [3.05, 3.63) is 11.6 Å². The fourth-order valence-corrected chi connectivity index (χ4v) is 0.373. The van der Waals surface area contributed by atoms with Gasteiger partial charge in [0.05, 0.1) is 0 Å². The third-order valence-electron chi connectivity index (χ3n) is 1.31. The monoisotopic (exact) mass is 218 g/mol. The molecule has 0 amide bonds. The summed E-state index contributed by atoms with van der Waals surface area (Å²) >= 11 is 0. The number of carbonyl (C=O) groups excluding carboxylic acids is 1. The zero-order chi connectivity index (χ0) is 11.6. The molecule has 0 bridgehead atoms. The summed E-state index contributed by atoms with van der Waals surface area (Å²) in [5, 5.41) is 0. The van der Waals surface area contributed by atoms with Crippen LogP contribution in [0.1, 0.15) is 13.8 Å². The van der Waals surface area contributed by atoms with E-state index in [1.54, 1.807) is 0 Å². The van der Waals surface area contributed by atoms with E-state index in [2.05, 4.69) is 4.74 Å². The average Bonchev–Trinajstić information content (AvgIpc) is 2.00. The first-order chi connectivity index (χ1) is 6.12. The molecule has 0 aliphatic heterocycles. The van der Waals surface area contributed by atoms with E-state index < -0.39 is 18.3 Å². The molecule has 0 rings (SSSR count). The number of rotatable bonds is 2. The van der Waals surface area contributed by atoms with Gasteiger partial charge in [-0.3, -0.25) is 0 Å². The van der Waals surface area contributed by atoms with Crippen molar-refractivity contribution in [2.45, 2.75) is 26.1 Å². The molecule has 0 fully saturated rings. The van der Waals surface area contributed by atoms with Gasteiger partial charge in [0.1, 0.15) is 0 Å². The van der Waals surface area contributed by atoms with Crippen LogP contribution in [-0.2, 0) is 9.53 Å². The van der Waals surface area contributed by atoms with Crippen molar-refractivity contribution < 1.29 is 31.5 Å². The first-order valence-electron chi connectivity index (χ1n) is 3.42. The number of alkyl halides is 5. The summed E-state index contributed by atoms with van der Waals surface area (Å²) < 4.78 is 61.7. The minimum Gasteiger partial charge on any atom is -0.390 e. The summed E-state index contributed by atoms with van der Waals surface area (Å²) in [5.74, 6) is -1.70. The third kappa shape index (κ3) is 2.97. The van der Waals surface area contributed by atoms with Crippen molar-refractivity contribution in [2.75, 3.05) is 0 Å². The molecule has 0 atom stereocenters. The van der Waals surface area contributed by atoms with Gasteiger partial charge in [-0.15, -0.1) is 0 Å². The minimum atomic E-state index is -5.89. The van der Waals surface area contributed by atoms with Crippen LogP contribution in [0.2, 0.25) is 0 Å². The lowest BCUT2D eigenvalue weighted by molar-refractivity contribution is -0.375. The second-order valence-electron chi connectivity index (χ2n) is 2.38. The van der Waals surface area contributed by atoms with E-state index in [4.69, 9.17) is 0 Å². The van der Waals surface area contributed by atoms with Gasteiger partial charge in [0.15, 0.2) is 0 Å². The quantitative estimate of drug-likeness (QED) is 0.404. The predicted molar refractivity (Wildman–Crippen MR) is 36.5 cm³/mol. The molecular weight excluding hydrogens is 211 g/mol. The highest BCUT2D eigenvalue weighted by Gasteiger charge is 2.62. The summed E-state index contributed by atoms with van der Waals surface area (Å²) in [6.45, 7) is 2.37. The van der Waals surface area contributed by atoms with Gasteiger partial charge in [-0.25, -0.2) is 4.79 Å². The number of halogens is 5. The lowest BCUT2D eigenvalue weighted by Crippen LogP contribution is -2.41. The van der Waals surface area contributed by atoms with E-state index in [1.165, 1.54) is 6.92 Å². The van der Waals surface area contributed by atoms with Gasteiger partial charge in [0.25, 0.3) is 0 Å². The Kier molecular flexibility index (Phi) is 3.61. The zero-order valence-corrected chi connectivity index (χ0v) is 7.28.